The second-order valence-electron chi connectivity index (χ2n) is 3.26. The van der Waals surface area contributed by atoms with Gasteiger partial charge in [0.15, 0.2) is 0 Å². The van der Waals surface area contributed by atoms with E-state index < -0.39 is 0 Å². The van der Waals surface area contributed by atoms with E-state index in [2.05, 4.69) is 17.6 Å². The second kappa shape index (κ2) is 9.52. The Bertz CT molecular complexity index is 126. The maximum atomic E-state index is 10.8. The molecule has 3 nitrogen and oxygen atoms in total. The van der Waals surface area contributed by atoms with Crippen molar-refractivity contribution in [3.8, 4) is 0 Å². The summed E-state index contributed by atoms with van der Waals surface area (Å²) in [6.07, 6.45) is 6.38. The number of rotatable bonds is 8. The monoisotopic (exact) mass is 186 g/mol. The minimum atomic E-state index is 0.0635. The van der Waals surface area contributed by atoms with Crippen molar-refractivity contribution in [3.63, 3.8) is 0 Å². The zero-order valence-corrected chi connectivity index (χ0v) is 8.86. The number of unbranched alkanes of at least 4 members (excludes halogenated alkanes) is 4. The van der Waals surface area contributed by atoms with E-state index in [0.717, 1.165) is 6.54 Å². The van der Waals surface area contributed by atoms with Gasteiger partial charge in [-0.1, -0.05) is 32.6 Å². The first kappa shape index (κ1) is 12.4. The average molecular weight is 186 g/mol. The van der Waals surface area contributed by atoms with Gasteiger partial charge in [0.2, 0.25) is 5.91 Å². The molecule has 0 radical (unpaired) electrons. The van der Waals surface area contributed by atoms with Crippen LogP contribution in [-0.4, -0.2) is 26.0 Å². The van der Waals surface area contributed by atoms with Crippen LogP contribution in [0.2, 0.25) is 0 Å². The van der Waals surface area contributed by atoms with Crippen molar-refractivity contribution in [1.82, 2.24) is 10.6 Å². The molecule has 0 bridgehead atoms. The first-order chi connectivity index (χ1) is 6.31. The molecule has 78 valence electrons. The number of carbonyl (C=O) groups is 1. The number of hydrogen-bond acceptors (Lipinski definition) is 2. The molecule has 0 fully saturated rings. The summed E-state index contributed by atoms with van der Waals surface area (Å²) >= 11 is 0. The predicted octanol–water partition coefficient (Wildman–Crippen LogP) is 1.29. The minimum absolute atomic E-state index is 0.0635. The molecule has 0 unspecified atom stereocenters. The number of amides is 1. The fourth-order valence-electron chi connectivity index (χ4n) is 1.14. The number of likely N-dealkylation sites (N-methyl/N-ethyl adjacent to an activating group) is 1. The SMILES string of the molecule is CCCCCCCNCC(=O)NC. The Hall–Kier alpha value is -0.570. The van der Waals surface area contributed by atoms with E-state index >= 15 is 0 Å². The van der Waals surface area contributed by atoms with Crippen LogP contribution in [0.5, 0.6) is 0 Å². The van der Waals surface area contributed by atoms with Crippen LogP contribution >= 0.6 is 0 Å². The van der Waals surface area contributed by atoms with E-state index in [1.807, 2.05) is 0 Å². The molecule has 0 saturated heterocycles. The number of hydrogen-bond donors (Lipinski definition) is 2. The van der Waals surface area contributed by atoms with E-state index in [4.69, 9.17) is 0 Å². The highest BCUT2D eigenvalue weighted by molar-refractivity contribution is 5.77. The van der Waals surface area contributed by atoms with Gasteiger partial charge in [0, 0.05) is 7.05 Å². The standard InChI is InChI=1S/C10H22N2O/c1-3-4-5-6-7-8-12-9-10(13)11-2/h12H,3-9H2,1-2H3,(H,11,13). The maximum Gasteiger partial charge on any atom is 0.233 e. The van der Waals surface area contributed by atoms with Gasteiger partial charge in [-0.05, 0) is 13.0 Å². The summed E-state index contributed by atoms with van der Waals surface area (Å²) in [5, 5.41) is 5.68. The lowest BCUT2D eigenvalue weighted by atomic mass is 10.1. The van der Waals surface area contributed by atoms with Crippen LogP contribution in [0.3, 0.4) is 0 Å². The first-order valence-electron chi connectivity index (χ1n) is 5.22. The number of carbonyl (C=O) groups excluding carboxylic acids is 1. The topological polar surface area (TPSA) is 41.1 Å². The van der Waals surface area contributed by atoms with E-state index in [1.54, 1.807) is 7.05 Å². The summed E-state index contributed by atoms with van der Waals surface area (Å²) in [7, 11) is 1.66. The predicted molar refractivity (Wildman–Crippen MR) is 55.7 cm³/mol. The number of nitrogens with one attached hydrogen (secondary N) is 2. The summed E-state index contributed by atoms with van der Waals surface area (Å²) < 4.78 is 0. The fourth-order valence-corrected chi connectivity index (χ4v) is 1.14. The molecule has 0 heterocycles. The van der Waals surface area contributed by atoms with Gasteiger partial charge in [-0.25, -0.2) is 0 Å². The molecule has 1 amide bonds. The lowest BCUT2D eigenvalue weighted by Crippen LogP contribution is -2.31. The largest absolute Gasteiger partial charge is 0.358 e. The molecular weight excluding hydrogens is 164 g/mol. The van der Waals surface area contributed by atoms with Crippen molar-refractivity contribution in [1.29, 1.82) is 0 Å². The molecule has 0 atom stereocenters. The summed E-state index contributed by atoms with van der Waals surface area (Å²) in [5.41, 5.74) is 0. The molecule has 2 N–H and O–H groups in total. The van der Waals surface area contributed by atoms with Gasteiger partial charge >= 0.3 is 0 Å². The second-order valence-corrected chi connectivity index (χ2v) is 3.26. The van der Waals surface area contributed by atoms with E-state index in [1.165, 1.54) is 32.1 Å². The summed E-state index contributed by atoms with van der Waals surface area (Å²) in [4.78, 5) is 10.8. The molecule has 0 aromatic heterocycles. The highest BCUT2D eigenvalue weighted by atomic mass is 16.1. The molecule has 0 aliphatic rings. The summed E-state index contributed by atoms with van der Waals surface area (Å²) in [6.45, 7) is 3.62. The lowest BCUT2D eigenvalue weighted by Gasteiger charge is -2.03. The Kier molecular flexibility index (Phi) is 9.10. The zero-order chi connectivity index (χ0) is 9.94. The average Bonchev–Trinajstić information content (AvgIpc) is 2.16. The molecule has 0 aliphatic carbocycles. The van der Waals surface area contributed by atoms with E-state index in [0.29, 0.717) is 6.54 Å². The molecule has 0 aromatic rings. The van der Waals surface area contributed by atoms with E-state index in [-0.39, 0.29) is 5.91 Å². The van der Waals surface area contributed by atoms with Gasteiger partial charge in [-0.3, -0.25) is 4.79 Å². The zero-order valence-electron chi connectivity index (χ0n) is 8.86. The first-order valence-corrected chi connectivity index (χ1v) is 5.22. The van der Waals surface area contributed by atoms with Crippen molar-refractivity contribution in [2.75, 3.05) is 20.1 Å². The third-order valence-corrected chi connectivity index (χ3v) is 2.02. The van der Waals surface area contributed by atoms with Crippen molar-refractivity contribution >= 4 is 5.91 Å². The van der Waals surface area contributed by atoms with Gasteiger partial charge in [0.1, 0.15) is 0 Å². The van der Waals surface area contributed by atoms with Crippen LogP contribution in [-0.2, 0) is 4.79 Å². The molecule has 0 saturated carbocycles. The molecule has 0 rings (SSSR count). The Morgan fingerprint density at radius 3 is 2.46 bits per heavy atom. The van der Waals surface area contributed by atoms with Gasteiger partial charge < -0.3 is 10.6 Å². The van der Waals surface area contributed by atoms with Gasteiger partial charge in [0.05, 0.1) is 6.54 Å². The van der Waals surface area contributed by atoms with Crippen molar-refractivity contribution < 1.29 is 4.79 Å². The van der Waals surface area contributed by atoms with Crippen LogP contribution in [0.25, 0.3) is 0 Å². The molecular formula is C10H22N2O. The van der Waals surface area contributed by atoms with Crippen LogP contribution in [0.4, 0.5) is 0 Å². The van der Waals surface area contributed by atoms with Crippen LogP contribution in [0.15, 0.2) is 0 Å². The van der Waals surface area contributed by atoms with Gasteiger partial charge in [-0.15, -0.1) is 0 Å². The van der Waals surface area contributed by atoms with Crippen LogP contribution < -0.4 is 10.6 Å². The van der Waals surface area contributed by atoms with Gasteiger partial charge in [-0.2, -0.15) is 0 Å². The van der Waals surface area contributed by atoms with Gasteiger partial charge in [0.25, 0.3) is 0 Å². The Labute approximate surface area is 81.3 Å². The molecule has 0 aromatic carbocycles. The Balaban J connectivity index is 2.95. The van der Waals surface area contributed by atoms with E-state index in [9.17, 15) is 4.79 Å². The third-order valence-electron chi connectivity index (χ3n) is 2.02. The lowest BCUT2D eigenvalue weighted by molar-refractivity contribution is -0.119. The Morgan fingerprint density at radius 2 is 1.85 bits per heavy atom. The van der Waals surface area contributed by atoms with Crippen molar-refractivity contribution in [2.45, 2.75) is 39.0 Å². The highest BCUT2D eigenvalue weighted by Gasteiger charge is 1.94. The van der Waals surface area contributed by atoms with Crippen molar-refractivity contribution in [2.24, 2.45) is 0 Å². The normalized spacial score (nSPS) is 10.0. The molecule has 0 aliphatic heterocycles. The minimum Gasteiger partial charge on any atom is -0.358 e. The smallest absolute Gasteiger partial charge is 0.233 e. The van der Waals surface area contributed by atoms with Crippen LogP contribution in [0.1, 0.15) is 39.0 Å². The summed E-state index contributed by atoms with van der Waals surface area (Å²) in [5.74, 6) is 0.0635. The molecule has 3 heteroatoms. The molecule has 13 heavy (non-hydrogen) atoms. The van der Waals surface area contributed by atoms with Crippen LogP contribution in [0, 0.1) is 0 Å². The molecule has 0 spiro atoms. The Morgan fingerprint density at radius 1 is 1.15 bits per heavy atom. The van der Waals surface area contributed by atoms with Crippen molar-refractivity contribution in [3.05, 3.63) is 0 Å². The summed E-state index contributed by atoms with van der Waals surface area (Å²) in [6, 6.07) is 0. The fraction of sp³-hybridized carbons (Fsp3) is 0.900. The quantitative estimate of drug-likeness (QED) is 0.561. The maximum absolute atomic E-state index is 10.8. The third kappa shape index (κ3) is 9.34. The highest BCUT2D eigenvalue weighted by Crippen LogP contribution is 2.00.